The molecule has 3 aromatic carbocycles. The summed E-state index contributed by atoms with van der Waals surface area (Å²) in [7, 11) is -4.35. The van der Waals surface area contributed by atoms with Gasteiger partial charge in [-0.3, -0.25) is 9.10 Å². The normalized spacial score (nSPS) is 12.6. The van der Waals surface area contributed by atoms with Crippen LogP contribution in [0.2, 0.25) is 0 Å². The molecule has 3 rings (SSSR count). The molecule has 3 aromatic rings. The lowest BCUT2D eigenvalue weighted by atomic mass is 10.2. The predicted octanol–water partition coefficient (Wildman–Crippen LogP) is 5.10. The number of halogens is 3. The van der Waals surface area contributed by atoms with Gasteiger partial charge in [-0.05, 0) is 62.7 Å². The highest BCUT2D eigenvalue weighted by Crippen LogP contribution is 2.33. The van der Waals surface area contributed by atoms with Crippen molar-refractivity contribution in [3.63, 3.8) is 0 Å². The molecule has 0 saturated heterocycles. The monoisotopic (exact) mass is 520 g/mol. The summed E-state index contributed by atoms with van der Waals surface area (Å²) in [6.45, 7) is 4.73. The first kappa shape index (κ1) is 27.1. The first-order valence-electron chi connectivity index (χ1n) is 11.1. The van der Waals surface area contributed by atoms with E-state index in [0.29, 0.717) is 16.1 Å². The molecule has 0 heterocycles. The van der Waals surface area contributed by atoms with E-state index in [0.717, 1.165) is 23.3 Å². The molecule has 1 amide bonds. The van der Waals surface area contributed by atoms with Gasteiger partial charge in [0, 0.05) is 0 Å². The van der Waals surface area contributed by atoms with E-state index in [1.165, 1.54) is 18.2 Å². The van der Waals surface area contributed by atoms with Gasteiger partial charge in [-0.15, -0.1) is 0 Å². The summed E-state index contributed by atoms with van der Waals surface area (Å²) in [5, 5.41) is 2.66. The maximum Gasteiger partial charge on any atom is 0.416 e. The van der Waals surface area contributed by atoms with E-state index in [4.69, 9.17) is 4.74 Å². The quantitative estimate of drug-likeness (QED) is 0.426. The van der Waals surface area contributed by atoms with Crippen LogP contribution in [0.5, 0.6) is 5.75 Å². The van der Waals surface area contributed by atoms with Crippen molar-refractivity contribution < 1.29 is 31.1 Å². The van der Waals surface area contributed by atoms with Gasteiger partial charge in [0.25, 0.3) is 10.0 Å². The molecular formula is C26H27F3N2O4S. The second-order valence-corrected chi connectivity index (χ2v) is 10.3. The summed E-state index contributed by atoms with van der Waals surface area (Å²) in [5.74, 6) is -0.0462. The number of para-hydroxylation sites is 1. The number of carbonyl (C=O) groups is 1. The second-order valence-electron chi connectivity index (χ2n) is 8.42. The maximum atomic E-state index is 13.4. The Balaban J connectivity index is 1.84. The largest absolute Gasteiger partial charge is 0.491 e. The fourth-order valence-electron chi connectivity index (χ4n) is 3.42. The molecule has 0 aromatic heterocycles. The molecule has 0 radical (unpaired) electrons. The highest BCUT2D eigenvalue weighted by atomic mass is 32.2. The van der Waals surface area contributed by atoms with Crippen molar-refractivity contribution in [1.29, 1.82) is 0 Å². The van der Waals surface area contributed by atoms with Crippen LogP contribution in [0.3, 0.4) is 0 Å². The molecule has 1 unspecified atom stereocenters. The zero-order valence-electron chi connectivity index (χ0n) is 20.0. The number of sulfonamides is 1. The van der Waals surface area contributed by atoms with Crippen LogP contribution in [0.1, 0.15) is 23.6 Å². The first-order valence-corrected chi connectivity index (χ1v) is 12.6. The molecule has 0 bridgehead atoms. The van der Waals surface area contributed by atoms with Crippen LogP contribution in [0.4, 0.5) is 18.9 Å². The topological polar surface area (TPSA) is 75.7 Å². The van der Waals surface area contributed by atoms with Crippen LogP contribution < -0.4 is 14.4 Å². The van der Waals surface area contributed by atoms with Crippen molar-refractivity contribution >= 4 is 21.6 Å². The maximum absolute atomic E-state index is 13.4. The highest BCUT2D eigenvalue weighted by Gasteiger charge is 2.33. The summed E-state index contributed by atoms with van der Waals surface area (Å²) in [5.41, 5.74) is 0.421. The van der Waals surface area contributed by atoms with E-state index >= 15 is 0 Å². The molecule has 1 N–H and O–H groups in total. The average Bonchev–Trinajstić information content (AvgIpc) is 2.82. The van der Waals surface area contributed by atoms with Gasteiger partial charge in [0.05, 0.1) is 22.2 Å². The predicted molar refractivity (Wildman–Crippen MR) is 131 cm³/mol. The van der Waals surface area contributed by atoms with Crippen molar-refractivity contribution in [2.45, 2.75) is 37.9 Å². The van der Waals surface area contributed by atoms with E-state index in [1.807, 2.05) is 25.1 Å². The third-order valence-electron chi connectivity index (χ3n) is 5.35. The van der Waals surface area contributed by atoms with Crippen molar-refractivity contribution in [3.05, 3.63) is 89.5 Å². The van der Waals surface area contributed by atoms with Gasteiger partial charge in [0.15, 0.2) is 0 Å². The number of amides is 1. The van der Waals surface area contributed by atoms with E-state index in [1.54, 1.807) is 32.0 Å². The van der Waals surface area contributed by atoms with Crippen molar-refractivity contribution in [1.82, 2.24) is 5.32 Å². The smallest absolute Gasteiger partial charge is 0.416 e. The number of rotatable bonds is 9. The number of ether oxygens (including phenoxy) is 1. The zero-order valence-corrected chi connectivity index (χ0v) is 20.9. The lowest BCUT2D eigenvalue weighted by Gasteiger charge is -2.26. The average molecular weight is 521 g/mol. The minimum absolute atomic E-state index is 0.116. The minimum atomic E-state index is -4.68. The Morgan fingerprint density at radius 3 is 2.31 bits per heavy atom. The summed E-state index contributed by atoms with van der Waals surface area (Å²) in [6, 6.07) is 16.6. The molecule has 0 spiro atoms. The first-order chi connectivity index (χ1) is 16.9. The summed E-state index contributed by atoms with van der Waals surface area (Å²) in [4.78, 5) is 12.7. The van der Waals surface area contributed by atoms with Gasteiger partial charge in [-0.25, -0.2) is 8.42 Å². The number of anilines is 1. The summed E-state index contributed by atoms with van der Waals surface area (Å²) < 4.78 is 73.2. The van der Waals surface area contributed by atoms with Gasteiger partial charge in [-0.1, -0.05) is 42.0 Å². The second kappa shape index (κ2) is 11.0. The SMILES string of the molecule is Cc1ccc(S(=O)(=O)N(CC(=O)NC(C)COc2ccccc2C)c2cccc(C(F)(F)F)c2)cc1. The summed E-state index contributed by atoms with van der Waals surface area (Å²) >= 11 is 0. The molecule has 6 nitrogen and oxygen atoms in total. The lowest BCUT2D eigenvalue weighted by Crippen LogP contribution is -2.45. The number of alkyl halides is 3. The van der Waals surface area contributed by atoms with Crippen LogP contribution >= 0.6 is 0 Å². The fraction of sp³-hybridized carbons (Fsp3) is 0.269. The Bertz CT molecular complexity index is 1310. The number of nitrogens with zero attached hydrogens (tertiary/aromatic N) is 1. The number of aryl methyl sites for hydroxylation is 2. The Morgan fingerprint density at radius 1 is 1.00 bits per heavy atom. The van der Waals surface area contributed by atoms with Crippen LogP contribution in [0.25, 0.3) is 0 Å². The standard InChI is InChI=1S/C26H27F3N2O4S/c1-18-11-13-23(14-12-18)36(33,34)31(22-9-6-8-21(15-22)26(27,28)29)16-25(32)30-20(3)17-35-24-10-5-4-7-19(24)2/h4-15,20H,16-17H2,1-3H3,(H,30,32). The van der Waals surface area contributed by atoms with E-state index < -0.39 is 40.3 Å². The third kappa shape index (κ3) is 6.78. The number of hydrogen-bond acceptors (Lipinski definition) is 4. The van der Waals surface area contributed by atoms with Gasteiger partial charge < -0.3 is 10.1 Å². The number of carbonyl (C=O) groups excluding carboxylic acids is 1. The Kier molecular flexibility index (Phi) is 8.29. The van der Waals surface area contributed by atoms with Crippen molar-refractivity contribution in [2.75, 3.05) is 17.5 Å². The van der Waals surface area contributed by atoms with E-state index in [9.17, 15) is 26.4 Å². The Hall–Kier alpha value is -3.53. The van der Waals surface area contributed by atoms with Crippen LogP contribution in [0, 0.1) is 13.8 Å². The number of nitrogens with one attached hydrogen (secondary N) is 1. The van der Waals surface area contributed by atoms with Gasteiger partial charge in [0.1, 0.15) is 18.9 Å². The fourth-order valence-corrected chi connectivity index (χ4v) is 4.83. The molecule has 0 fully saturated rings. The molecule has 0 aliphatic heterocycles. The van der Waals surface area contributed by atoms with Crippen LogP contribution in [-0.2, 0) is 21.0 Å². The molecular weight excluding hydrogens is 493 g/mol. The van der Waals surface area contributed by atoms with Gasteiger partial charge in [0.2, 0.25) is 5.91 Å². The molecule has 0 aliphatic carbocycles. The molecule has 1 atom stereocenters. The van der Waals surface area contributed by atoms with Crippen molar-refractivity contribution in [2.24, 2.45) is 0 Å². The Morgan fingerprint density at radius 2 is 1.67 bits per heavy atom. The third-order valence-corrected chi connectivity index (χ3v) is 7.14. The molecule has 0 saturated carbocycles. The molecule has 10 heteroatoms. The van der Waals surface area contributed by atoms with Crippen LogP contribution in [0.15, 0.2) is 77.7 Å². The van der Waals surface area contributed by atoms with Gasteiger partial charge >= 0.3 is 6.18 Å². The van der Waals surface area contributed by atoms with E-state index in [-0.39, 0.29) is 17.2 Å². The Labute approximate surface area is 208 Å². The molecule has 0 aliphatic rings. The number of hydrogen-bond donors (Lipinski definition) is 1. The number of benzene rings is 3. The molecule has 36 heavy (non-hydrogen) atoms. The zero-order chi connectivity index (χ0) is 26.5. The summed E-state index contributed by atoms with van der Waals surface area (Å²) in [6.07, 6.45) is -4.68. The minimum Gasteiger partial charge on any atom is -0.491 e. The van der Waals surface area contributed by atoms with Crippen LogP contribution in [-0.4, -0.2) is 33.5 Å². The van der Waals surface area contributed by atoms with E-state index in [2.05, 4.69) is 5.32 Å². The van der Waals surface area contributed by atoms with Crippen molar-refractivity contribution in [3.8, 4) is 5.75 Å². The molecule has 192 valence electrons. The van der Waals surface area contributed by atoms with Gasteiger partial charge in [-0.2, -0.15) is 13.2 Å². The highest BCUT2D eigenvalue weighted by molar-refractivity contribution is 7.92. The lowest BCUT2D eigenvalue weighted by molar-refractivity contribution is -0.137.